The van der Waals surface area contributed by atoms with Gasteiger partial charge in [0, 0.05) is 0 Å². The van der Waals surface area contributed by atoms with Gasteiger partial charge in [0.15, 0.2) is 0 Å². The topological polar surface area (TPSA) is 20.2 Å². The lowest BCUT2D eigenvalue weighted by Crippen LogP contribution is -2.28. The largest absolute Gasteiger partial charge is 0.380 e. The monoisotopic (exact) mass is 1760 g/mol. The maximum Gasteiger partial charge on any atom is 0.115 e. The molecule has 1 nitrogen and oxygen atoms in total. The highest BCUT2D eigenvalue weighted by Gasteiger charge is 2.38. The Morgan fingerprint density at radius 1 is 0.138 bits per heavy atom. The van der Waals surface area contributed by atoms with E-state index in [1.54, 1.807) is 0 Å². The van der Waals surface area contributed by atoms with Gasteiger partial charge in [0.2, 0.25) is 0 Å². The lowest BCUT2D eigenvalue weighted by atomic mass is 9.74. The zero-order valence-electron chi connectivity index (χ0n) is 77.0. The van der Waals surface area contributed by atoms with Crippen LogP contribution >= 0.6 is 0 Å². The van der Waals surface area contributed by atoms with Crippen LogP contribution in [0.15, 0.2) is 546 Å². The Kier molecular flexibility index (Phi) is 24.5. The van der Waals surface area contributed by atoms with E-state index < -0.39 is 5.60 Å². The molecule has 0 aromatic heterocycles. The molecule has 0 saturated carbocycles. The Morgan fingerprint density at radius 2 is 0.261 bits per heavy atom. The van der Waals surface area contributed by atoms with Crippen molar-refractivity contribution in [3.05, 3.63) is 557 Å². The second-order valence-electron chi connectivity index (χ2n) is 35.8. The molecule has 22 aromatic carbocycles. The molecule has 0 fully saturated rings. The average molecular weight is 1760 g/mol. The van der Waals surface area contributed by atoms with Gasteiger partial charge in [-0.2, -0.15) is 0 Å². The first-order chi connectivity index (χ1) is 68.4. The van der Waals surface area contributed by atoms with Gasteiger partial charge in [-0.25, -0.2) is 0 Å². The molecule has 0 atom stereocenters. The fourth-order valence-corrected chi connectivity index (χ4v) is 21.1. The van der Waals surface area contributed by atoms with Crippen LogP contribution in [0.25, 0.3) is 223 Å². The van der Waals surface area contributed by atoms with E-state index in [4.69, 9.17) is 0 Å². The van der Waals surface area contributed by atoms with Gasteiger partial charge in [0.05, 0.1) is 0 Å². The third kappa shape index (κ3) is 17.0. The van der Waals surface area contributed by atoms with Crippen molar-refractivity contribution in [2.45, 2.75) is 31.8 Å². The summed E-state index contributed by atoms with van der Waals surface area (Å²) in [6.45, 7) is 2.27. The molecule has 1 N–H and O–H groups in total. The highest BCUT2D eigenvalue weighted by atomic mass is 16.3. The van der Waals surface area contributed by atoms with Gasteiger partial charge < -0.3 is 5.11 Å². The number of benzene rings is 22. The van der Waals surface area contributed by atoms with Gasteiger partial charge in [-0.1, -0.05) is 505 Å². The minimum Gasteiger partial charge on any atom is -0.380 e. The maximum absolute atomic E-state index is 16.7. The normalized spacial score (nSPS) is 11.3. The molecule has 22 rings (SSSR count). The van der Waals surface area contributed by atoms with Gasteiger partial charge in [-0.3, -0.25) is 0 Å². The Labute approximate surface area is 810 Å². The zero-order chi connectivity index (χ0) is 92.5. The van der Waals surface area contributed by atoms with Gasteiger partial charge in [-0.15, -0.1) is 0 Å². The maximum atomic E-state index is 16.7. The van der Waals surface area contributed by atoms with Gasteiger partial charge in [0.1, 0.15) is 5.60 Å². The summed E-state index contributed by atoms with van der Waals surface area (Å²) in [4.78, 5) is 0. The molecule has 0 heterocycles. The summed E-state index contributed by atoms with van der Waals surface area (Å²) >= 11 is 0. The van der Waals surface area contributed by atoms with Crippen molar-refractivity contribution in [1.29, 1.82) is 0 Å². The first kappa shape index (κ1) is 86.2. The fourth-order valence-electron chi connectivity index (χ4n) is 21.1. The predicted molar refractivity (Wildman–Crippen MR) is 584 cm³/mol. The lowest BCUT2D eigenvalue weighted by molar-refractivity contribution is 0.0686. The quantitative estimate of drug-likeness (QED) is 0.0605. The van der Waals surface area contributed by atoms with Crippen molar-refractivity contribution in [2.24, 2.45) is 0 Å². The molecule has 1 heteroatoms. The number of hydrogen-bond donors (Lipinski definition) is 1. The van der Waals surface area contributed by atoms with Crippen LogP contribution in [0.4, 0.5) is 0 Å². The number of hydrogen-bond acceptors (Lipinski definition) is 1. The van der Waals surface area contributed by atoms with Crippen LogP contribution in [0.2, 0.25) is 0 Å². The SMILES string of the molecule is CCCCC(O)(c1cc(-c2cc(-c3ccccc3)c(-c3ccccc3)c(-c3ccccc3)c2-c2ccccc2)cc(-c2cc(-c3ccccc3)c(-c3ccccc3)c(-c3ccccc3)c2-c2ccccc2)c1)c1cc(-c2cc(-c3ccccc3)c(-c3ccccc3)c(-c3ccccc3)c2-c2ccccc2)cc(-c2cc(-c3ccccc3)c(-c3ccccc3)c(-c3ccccc3)c2-c2ccccc2)c1. The standard InChI is InChI=1S/C137H100O/c1-2-3-84-137(138,115-87-111(121-91-117(95-52-20-4-21-53-95)125(99-60-28-8-29-61-99)133(107-76-44-16-45-77-107)129(121)103-68-36-12-37-69-103)85-112(88-115)122-92-118(96-54-22-5-23-55-96)126(100-62-30-9-31-63-100)134(108-78-46-17-47-79-108)130(122)104-70-38-13-39-71-104)116-89-113(123-93-119(97-56-24-6-25-57-97)127(101-64-32-10-33-65-101)135(109-80-48-18-49-81-109)131(123)105-72-40-14-41-73-105)86-114(90-116)124-94-120(98-58-26-7-27-59-98)128(102-66-34-11-35-67-102)136(110-82-50-19-51-83-110)132(124)106-74-42-15-43-75-106/h4-83,85-94,138H,2-3,84H2,1H3. The van der Waals surface area contributed by atoms with Crippen molar-refractivity contribution in [3.63, 3.8) is 0 Å². The van der Waals surface area contributed by atoms with Crippen LogP contribution in [-0.4, -0.2) is 5.11 Å². The molecule has 0 radical (unpaired) electrons. The highest BCUT2D eigenvalue weighted by Crippen LogP contribution is 2.59. The van der Waals surface area contributed by atoms with E-state index in [2.05, 4.69) is 553 Å². The van der Waals surface area contributed by atoms with E-state index >= 15 is 5.11 Å². The van der Waals surface area contributed by atoms with Crippen molar-refractivity contribution < 1.29 is 5.11 Å². The van der Waals surface area contributed by atoms with E-state index in [0.717, 1.165) is 240 Å². The Morgan fingerprint density at radius 3 is 0.399 bits per heavy atom. The third-order valence-electron chi connectivity index (χ3n) is 27.4. The lowest BCUT2D eigenvalue weighted by Gasteiger charge is -2.33. The van der Waals surface area contributed by atoms with E-state index in [1.165, 1.54) is 0 Å². The minimum atomic E-state index is -1.82. The van der Waals surface area contributed by atoms with E-state index in [9.17, 15) is 0 Å². The summed E-state index contributed by atoms with van der Waals surface area (Å²) in [6, 6.07) is 201. The average Bonchev–Trinajstić information content (AvgIpc) is 0.720. The first-order valence-corrected chi connectivity index (χ1v) is 48.1. The molecule has 0 aliphatic heterocycles. The molecule has 22 aromatic rings. The molecule has 0 aliphatic carbocycles. The molecule has 0 saturated heterocycles. The van der Waals surface area contributed by atoms with Crippen LogP contribution in [-0.2, 0) is 5.60 Å². The van der Waals surface area contributed by atoms with Crippen LogP contribution < -0.4 is 0 Å². The van der Waals surface area contributed by atoms with Gasteiger partial charge >= 0.3 is 0 Å². The Hall–Kier alpha value is -17.2. The van der Waals surface area contributed by atoms with Crippen LogP contribution in [0, 0.1) is 0 Å². The Balaban J connectivity index is 0.956. The van der Waals surface area contributed by atoms with Crippen molar-refractivity contribution >= 4 is 0 Å². The predicted octanol–water partition coefficient (Wildman–Crippen LogP) is 37.5. The molecule has 0 spiro atoms. The van der Waals surface area contributed by atoms with Crippen LogP contribution in [0.1, 0.15) is 37.3 Å². The smallest absolute Gasteiger partial charge is 0.115 e. The second-order valence-corrected chi connectivity index (χ2v) is 35.8. The number of unbranched alkanes of at least 4 members (excludes halogenated alkanes) is 1. The van der Waals surface area contributed by atoms with Crippen molar-refractivity contribution in [2.75, 3.05) is 0 Å². The minimum absolute atomic E-state index is 0.327. The van der Waals surface area contributed by atoms with Crippen molar-refractivity contribution in [3.8, 4) is 223 Å². The van der Waals surface area contributed by atoms with Crippen LogP contribution in [0.5, 0.6) is 0 Å². The van der Waals surface area contributed by atoms with Crippen LogP contribution in [0.3, 0.4) is 0 Å². The first-order valence-electron chi connectivity index (χ1n) is 48.1. The van der Waals surface area contributed by atoms with Crippen molar-refractivity contribution in [1.82, 2.24) is 0 Å². The summed E-state index contributed by atoms with van der Waals surface area (Å²) in [5.74, 6) is 0. The molecular formula is C137H100O. The summed E-state index contributed by atoms with van der Waals surface area (Å²) < 4.78 is 0. The molecular weight excluding hydrogens is 1660 g/mol. The molecule has 0 unspecified atom stereocenters. The molecule has 0 bridgehead atoms. The second kappa shape index (κ2) is 39.2. The number of aliphatic hydroxyl groups is 1. The van der Waals surface area contributed by atoms with Gasteiger partial charge in [0.25, 0.3) is 0 Å². The highest BCUT2D eigenvalue weighted by molar-refractivity contribution is 6.14. The summed E-state index contributed by atoms with van der Waals surface area (Å²) in [7, 11) is 0. The zero-order valence-corrected chi connectivity index (χ0v) is 77.0. The molecule has 0 aliphatic rings. The molecule has 138 heavy (non-hydrogen) atoms. The summed E-state index contributed by atoms with van der Waals surface area (Å²) in [5, 5.41) is 16.7. The van der Waals surface area contributed by atoms with E-state index in [0.29, 0.717) is 12.8 Å². The Bertz CT molecular complexity index is 7070. The summed E-state index contributed by atoms with van der Waals surface area (Å²) in [5.41, 5.74) is 42.0. The van der Waals surface area contributed by atoms with E-state index in [1.807, 2.05) is 0 Å². The summed E-state index contributed by atoms with van der Waals surface area (Å²) in [6.07, 6.45) is 1.76. The molecule has 654 valence electrons. The molecule has 0 amide bonds. The van der Waals surface area contributed by atoms with E-state index in [-0.39, 0.29) is 0 Å². The fraction of sp³-hybridized carbons (Fsp3) is 0.0365. The van der Waals surface area contributed by atoms with Gasteiger partial charge in [-0.05, 0) is 301 Å². The number of rotatable bonds is 25. The third-order valence-corrected chi connectivity index (χ3v) is 27.4.